The van der Waals surface area contributed by atoms with E-state index in [0.29, 0.717) is 6.54 Å². The van der Waals surface area contributed by atoms with Gasteiger partial charge in [-0.25, -0.2) is 9.07 Å². The monoisotopic (exact) mass is 297 g/mol. The third kappa shape index (κ3) is 2.58. The molecule has 0 bridgehead atoms. The van der Waals surface area contributed by atoms with E-state index in [-0.39, 0.29) is 5.82 Å². The molecule has 2 aromatic carbocycles. The number of nitrogens with zero attached hydrogens (tertiary/aromatic N) is 2. The first kappa shape index (κ1) is 14.3. The Morgan fingerprint density at radius 1 is 1.14 bits per heavy atom. The molecule has 0 saturated carbocycles. The van der Waals surface area contributed by atoms with E-state index < -0.39 is 0 Å². The fraction of sp³-hybridized carbons (Fsp3) is 0.118. The van der Waals surface area contributed by atoms with Crippen molar-refractivity contribution < 1.29 is 9.13 Å². The lowest BCUT2D eigenvalue weighted by molar-refractivity contribution is 0.416. The number of nitrogens with two attached hydrogens (primary N) is 1. The second-order valence-corrected chi connectivity index (χ2v) is 4.81. The quantitative estimate of drug-likeness (QED) is 0.805. The number of hydrogen-bond donors (Lipinski definition) is 1. The van der Waals surface area contributed by atoms with Crippen molar-refractivity contribution in [2.24, 2.45) is 5.73 Å². The highest BCUT2D eigenvalue weighted by Gasteiger charge is 2.14. The molecule has 5 heteroatoms. The minimum absolute atomic E-state index is 0.284. The first-order valence-corrected chi connectivity index (χ1v) is 6.91. The van der Waals surface area contributed by atoms with Gasteiger partial charge in [-0.1, -0.05) is 12.1 Å². The van der Waals surface area contributed by atoms with Crippen LogP contribution in [0.5, 0.6) is 5.75 Å². The summed E-state index contributed by atoms with van der Waals surface area (Å²) in [5, 5.41) is 4.49. The van der Waals surface area contributed by atoms with Crippen molar-refractivity contribution >= 4 is 0 Å². The van der Waals surface area contributed by atoms with Gasteiger partial charge in [0.2, 0.25) is 0 Å². The molecule has 0 spiro atoms. The van der Waals surface area contributed by atoms with Gasteiger partial charge in [-0.2, -0.15) is 5.10 Å². The minimum Gasteiger partial charge on any atom is -0.496 e. The summed E-state index contributed by atoms with van der Waals surface area (Å²) >= 11 is 0. The SMILES string of the molecule is COc1ccccc1-c1cc(CN)nn1-c1ccc(F)cc1. The predicted octanol–water partition coefficient (Wildman–Crippen LogP) is 3.15. The number of methoxy groups -OCH3 is 1. The number of benzene rings is 2. The maximum absolute atomic E-state index is 13.1. The van der Waals surface area contributed by atoms with Gasteiger partial charge in [0, 0.05) is 12.1 Å². The summed E-state index contributed by atoms with van der Waals surface area (Å²) < 4.78 is 20.3. The Bertz CT molecular complexity index is 781. The summed E-state index contributed by atoms with van der Waals surface area (Å²) in [6.45, 7) is 0.330. The largest absolute Gasteiger partial charge is 0.496 e. The predicted molar refractivity (Wildman–Crippen MR) is 83.4 cm³/mol. The first-order valence-electron chi connectivity index (χ1n) is 6.91. The zero-order valence-corrected chi connectivity index (χ0v) is 12.2. The highest BCUT2D eigenvalue weighted by atomic mass is 19.1. The highest BCUT2D eigenvalue weighted by Crippen LogP contribution is 2.31. The molecule has 0 aliphatic heterocycles. The maximum atomic E-state index is 13.1. The number of ether oxygens (including phenoxy) is 1. The topological polar surface area (TPSA) is 53.1 Å². The van der Waals surface area contributed by atoms with Gasteiger partial charge in [-0.05, 0) is 42.5 Å². The number of rotatable bonds is 4. The third-order valence-electron chi connectivity index (χ3n) is 3.42. The van der Waals surface area contributed by atoms with Gasteiger partial charge in [0.1, 0.15) is 11.6 Å². The molecule has 22 heavy (non-hydrogen) atoms. The van der Waals surface area contributed by atoms with Crippen LogP contribution in [0.2, 0.25) is 0 Å². The van der Waals surface area contributed by atoms with E-state index in [4.69, 9.17) is 10.5 Å². The maximum Gasteiger partial charge on any atom is 0.128 e. The van der Waals surface area contributed by atoms with Gasteiger partial charge < -0.3 is 10.5 Å². The van der Waals surface area contributed by atoms with Gasteiger partial charge >= 0.3 is 0 Å². The second-order valence-electron chi connectivity index (χ2n) is 4.81. The van der Waals surface area contributed by atoms with Gasteiger partial charge in [-0.15, -0.1) is 0 Å². The molecular formula is C17H16FN3O. The average molecular weight is 297 g/mol. The van der Waals surface area contributed by atoms with E-state index in [0.717, 1.165) is 28.4 Å². The fourth-order valence-electron chi connectivity index (χ4n) is 2.36. The molecule has 112 valence electrons. The molecule has 4 nitrogen and oxygen atoms in total. The van der Waals surface area contributed by atoms with Crippen LogP contribution in [0.3, 0.4) is 0 Å². The van der Waals surface area contributed by atoms with Crippen molar-refractivity contribution in [1.29, 1.82) is 0 Å². The van der Waals surface area contributed by atoms with Crippen LogP contribution < -0.4 is 10.5 Å². The molecule has 0 saturated heterocycles. The summed E-state index contributed by atoms with van der Waals surface area (Å²) in [4.78, 5) is 0. The Morgan fingerprint density at radius 2 is 1.86 bits per heavy atom. The van der Waals surface area contributed by atoms with Gasteiger partial charge in [-0.3, -0.25) is 0 Å². The van der Waals surface area contributed by atoms with E-state index in [9.17, 15) is 4.39 Å². The number of hydrogen-bond acceptors (Lipinski definition) is 3. The first-order chi connectivity index (χ1) is 10.7. The Balaban J connectivity index is 2.19. The van der Waals surface area contributed by atoms with Crippen LogP contribution in [0, 0.1) is 5.82 Å². The zero-order chi connectivity index (χ0) is 15.5. The van der Waals surface area contributed by atoms with Crippen LogP contribution in [0.1, 0.15) is 5.69 Å². The number of aromatic nitrogens is 2. The summed E-state index contributed by atoms with van der Waals surface area (Å²) in [5.41, 5.74) is 8.99. The Kier molecular flexibility index (Phi) is 3.89. The molecule has 0 aliphatic carbocycles. The summed E-state index contributed by atoms with van der Waals surface area (Å²) in [7, 11) is 1.63. The Hall–Kier alpha value is -2.66. The smallest absolute Gasteiger partial charge is 0.128 e. The number of para-hydroxylation sites is 1. The summed E-state index contributed by atoms with van der Waals surface area (Å²) in [6, 6.07) is 15.8. The van der Waals surface area contributed by atoms with Gasteiger partial charge in [0.15, 0.2) is 0 Å². The van der Waals surface area contributed by atoms with Crippen LogP contribution in [-0.2, 0) is 6.54 Å². The summed E-state index contributed by atoms with van der Waals surface area (Å²) in [5.74, 6) is 0.461. The molecule has 0 amide bonds. The lowest BCUT2D eigenvalue weighted by Crippen LogP contribution is -2.02. The van der Waals surface area contributed by atoms with Crippen molar-refractivity contribution in [3.05, 3.63) is 66.1 Å². The lowest BCUT2D eigenvalue weighted by atomic mass is 10.1. The minimum atomic E-state index is -0.284. The average Bonchev–Trinajstić information content (AvgIpc) is 2.99. The van der Waals surface area contributed by atoms with Gasteiger partial charge in [0.25, 0.3) is 0 Å². The molecule has 3 aromatic rings. The van der Waals surface area contributed by atoms with Crippen LogP contribution in [0.4, 0.5) is 4.39 Å². The molecule has 0 fully saturated rings. The lowest BCUT2D eigenvalue weighted by Gasteiger charge is -2.11. The Labute approximate surface area is 128 Å². The molecule has 0 unspecified atom stereocenters. The number of halogens is 1. The van der Waals surface area contributed by atoms with Gasteiger partial charge in [0.05, 0.1) is 24.2 Å². The van der Waals surface area contributed by atoms with Crippen LogP contribution in [0.15, 0.2) is 54.6 Å². The second kappa shape index (κ2) is 5.99. The van der Waals surface area contributed by atoms with Crippen LogP contribution >= 0.6 is 0 Å². The van der Waals surface area contributed by atoms with Crippen molar-refractivity contribution in [3.63, 3.8) is 0 Å². The molecular weight excluding hydrogens is 281 g/mol. The van der Waals surface area contributed by atoms with E-state index in [1.165, 1.54) is 12.1 Å². The normalized spacial score (nSPS) is 10.7. The molecule has 0 radical (unpaired) electrons. The van der Waals surface area contributed by atoms with E-state index in [1.54, 1.807) is 23.9 Å². The van der Waals surface area contributed by atoms with Crippen molar-refractivity contribution in [2.75, 3.05) is 7.11 Å². The highest BCUT2D eigenvalue weighted by molar-refractivity contribution is 5.69. The van der Waals surface area contributed by atoms with Crippen molar-refractivity contribution in [1.82, 2.24) is 9.78 Å². The standard InChI is InChI=1S/C17H16FN3O/c1-22-17-5-3-2-4-15(17)16-10-13(11-19)20-21(16)14-8-6-12(18)7-9-14/h2-10H,11,19H2,1H3. The third-order valence-corrected chi connectivity index (χ3v) is 3.42. The van der Waals surface area contributed by atoms with Crippen molar-refractivity contribution in [3.8, 4) is 22.7 Å². The van der Waals surface area contributed by atoms with Crippen LogP contribution in [-0.4, -0.2) is 16.9 Å². The van der Waals surface area contributed by atoms with E-state index in [1.807, 2.05) is 30.3 Å². The molecule has 3 rings (SSSR count). The van der Waals surface area contributed by atoms with Crippen molar-refractivity contribution in [2.45, 2.75) is 6.54 Å². The zero-order valence-electron chi connectivity index (χ0n) is 12.2. The van der Waals surface area contributed by atoms with E-state index in [2.05, 4.69) is 5.10 Å². The molecule has 1 heterocycles. The Morgan fingerprint density at radius 3 is 2.55 bits per heavy atom. The summed E-state index contributed by atoms with van der Waals surface area (Å²) in [6.07, 6.45) is 0. The molecule has 2 N–H and O–H groups in total. The van der Waals surface area contributed by atoms with Crippen LogP contribution in [0.25, 0.3) is 16.9 Å². The fourth-order valence-corrected chi connectivity index (χ4v) is 2.36. The molecule has 1 aromatic heterocycles. The molecule has 0 aliphatic rings. The van der Waals surface area contributed by atoms with E-state index >= 15 is 0 Å². The molecule has 0 atom stereocenters.